The smallest absolute Gasteiger partial charge is 0.342 e. The maximum absolute atomic E-state index is 13.9. The van der Waals surface area contributed by atoms with E-state index >= 15 is 0 Å². The Bertz CT molecular complexity index is 4700. The molecule has 0 radical (unpaired) electrons. The van der Waals surface area contributed by atoms with E-state index in [1.807, 2.05) is 10.9 Å². The predicted molar refractivity (Wildman–Crippen MR) is 405 cm³/mol. The molecule has 0 bridgehead atoms. The van der Waals surface area contributed by atoms with Crippen LogP contribution in [0.4, 0.5) is 5.82 Å². The Morgan fingerprint density at radius 1 is 0.280 bits per heavy atom. The maximum Gasteiger partial charge on any atom is 0.342 e. The summed E-state index contributed by atoms with van der Waals surface area (Å²) >= 11 is 0. The number of nitro groups is 1. The molecule has 66 heteroatoms. The van der Waals surface area contributed by atoms with Crippen molar-refractivity contribution in [1.82, 2.24) is 90.4 Å². The van der Waals surface area contributed by atoms with Gasteiger partial charge in [-0.25, -0.2) is 63.8 Å². The highest BCUT2D eigenvalue weighted by Gasteiger charge is 2.45. The number of carbonyl (C=O) groups is 30. The van der Waals surface area contributed by atoms with Crippen LogP contribution in [0.5, 0.6) is 0 Å². The molecule has 132 heavy (non-hydrogen) atoms. The third-order valence-electron chi connectivity index (χ3n) is 17.0. The number of rotatable bonds is 73. The lowest BCUT2D eigenvalue weighted by atomic mass is 9.97. The molecule has 0 spiro atoms. The number of nitrogens with one attached hydrogen (secondary N) is 15. The van der Waals surface area contributed by atoms with Crippen LogP contribution in [0.2, 0.25) is 0 Å². The van der Waals surface area contributed by atoms with Crippen LogP contribution in [-0.4, -0.2) is 365 Å². The molecule has 1 aromatic heterocycles. The second-order valence-corrected chi connectivity index (χ2v) is 27.3. The molecule has 0 unspecified atom stereocenters. The van der Waals surface area contributed by atoms with Crippen molar-refractivity contribution in [2.75, 3.05) is 6.54 Å². The lowest BCUT2D eigenvalue weighted by molar-refractivity contribution is -0.392. The van der Waals surface area contributed by atoms with Gasteiger partial charge in [-0.2, -0.15) is 0 Å². The number of aromatic nitrogens is 2. The normalized spacial score (nSPS) is 14.4. The second kappa shape index (κ2) is 55.1. The zero-order valence-corrected chi connectivity index (χ0v) is 67.4. The van der Waals surface area contributed by atoms with E-state index in [2.05, 4.69) is 10.3 Å². The third-order valence-corrected chi connectivity index (χ3v) is 17.0. The van der Waals surface area contributed by atoms with E-state index in [-0.39, 0.29) is 12.4 Å². The molecule has 5 amide bonds. The third kappa shape index (κ3) is 41.4. The van der Waals surface area contributed by atoms with E-state index in [0.29, 0.717) is 0 Å². The Morgan fingerprint density at radius 3 is 0.682 bits per heavy atom. The summed E-state index contributed by atoms with van der Waals surface area (Å²) in [5.74, 6) is -60.5. The van der Waals surface area contributed by atoms with Gasteiger partial charge < -0.3 is 119 Å². The van der Waals surface area contributed by atoms with E-state index in [0.717, 1.165) is 10.8 Å². The molecule has 32 N–H and O–H groups in total. The number of amides is 5. The average molecular weight is 1900 g/mol. The molecule has 1 heterocycles. The molecule has 0 saturated heterocycles. The van der Waals surface area contributed by atoms with Crippen LogP contribution < -0.4 is 86.6 Å². The van der Waals surface area contributed by atoms with Crippen LogP contribution in [0.1, 0.15) is 102 Å². The number of ketones is 10. The summed E-state index contributed by atoms with van der Waals surface area (Å²) in [5, 5.41) is 164. The zero-order valence-electron chi connectivity index (χ0n) is 67.4. The number of hydrogen-bond donors (Lipinski definition) is 31. The van der Waals surface area contributed by atoms with Crippen LogP contribution in [0.3, 0.4) is 0 Å². The number of aryl methyl sites for hydroxylation is 1. The number of hydrogen-bond acceptors (Lipinski definition) is 44. The van der Waals surface area contributed by atoms with Gasteiger partial charge in [-0.1, -0.05) is 0 Å². The fraction of sp³-hybridized carbons (Fsp3) is 0.500. The first-order valence-corrected chi connectivity index (χ1v) is 36.8. The van der Waals surface area contributed by atoms with E-state index < -0.39 is 381 Å². The fourth-order valence-electron chi connectivity index (χ4n) is 10.8. The summed E-state index contributed by atoms with van der Waals surface area (Å²) in [5.41, 5.74) is 23.1. The average Bonchev–Trinajstić information content (AvgIpc) is 0.910. The van der Waals surface area contributed by atoms with Crippen molar-refractivity contribution >= 4 is 183 Å². The number of nitrogens with zero attached hydrogens (tertiary/aromatic N) is 3. The van der Waals surface area contributed by atoms with Crippen LogP contribution >= 0.6 is 0 Å². The summed E-state index contributed by atoms with van der Waals surface area (Å²) in [6.45, 7) is 0.529. The van der Waals surface area contributed by atoms with Crippen molar-refractivity contribution in [3.05, 3.63) is 22.1 Å². The Hall–Kier alpha value is -15.7. The van der Waals surface area contributed by atoms with Gasteiger partial charge in [-0.05, 0) is 4.92 Å². The highest BCUT2D eigenvalue weighted by Crippen LogP contribution is 2.16. The SMILES string of the molecule is Cc1ncc([N+](=O)[O-])n1CCNC(=O)[C@H](CC(=O)O)NN[C@@H](CC(=O)O)C(=O)C(=O)[C@H](CC(=O)O)NN[C@@H](CC(=O)O)C(=O)C(=O)[C@H](CC(=O)O)NN[C@@H](CC(=O)O)C(=O)C(=O)[C@H](CC(=O)O)NN[C@@H](CC(=O)O)C(=O)C(=O)[C@H](CC(=O)O)NC(=O)[C@H](CC(=O)O)NC(=O)[C@H](CC(=O)O)NN[C@@H](CC(=O)O)C(=O)C(=O)[C@H](CC(=O)O)NC(=O)[C@H](CC(=O)O)NC(=O)[C@@H](N)CC(=O)O. The molecule has 0 aliphatic carbocycles. The van der Waals surface area contributed by atoms with E-state index in [4.69, 9.17) is 10.8 Å². The van der Waals surface area contributed by atoms with Gasteiger partial charge in [0.25, 0.3) is 0 Å². The monoisotopic (exact) mass is 1900 g/mol. The fourth-order valence-corrected chi connectivity index (χ4v) is 10.8. The zero-order chi connectivity index (χ0) is 101. The van der Waals surface area contributed by atoms with Gasteiger partial charge in [-0.3, -0.25) is 144 Å². The number of carboxylic acids is 15. The van der Waals surface area contributed by atoms with Crippen molar-refractivity contribution in [1.29, 1.82) is 0 Å². The van der Waals surface area contributed by atoms with Gasteiger partial charge in [0, 0.05) is 6.92 Å². The molecule has 1 aromatic rings. The minimum atomic E-state index is -2.89. The number of aliphatic carboxylic acids is 15. The Morgan fingerprint density at radius 2 is 0.455 bits per heavy atom. The summed E-state index contributed by atoms with van der Waals surface area (Å²) in [4.78, 5) is 398. The lowest BCUT2D eigenvalue weighted by Gasteiger charge is -2.26. The van der Waals surface area contributed by atoms with Gasteiger partial charge in [0.1, 0.15) is 49.0 Å². The van der Waals surface area contributed by atoms with Gasteiger partial charge >= 0.3 is 95.4 Å². The van der Waals surface area contributed by atoms with Crippen LogP contribution in [0.25, 0.3) is 0 Å². The maximum atomic E-state index is 13.9. The Balaban J connectivity index is 3.72. The number of imidazole rings is 1. The summed E-state index contributed by atoms with van der Waals surface area (Å²) in [6, 6.07) is -38.4. The Labute approximate surface area is 731 Å². The summed E-state index contributed by atoms with van der Waals surface area (Å²) in [7, 11) is 0. The topological polar surface area (TPSA) is 1080 Å². The van der Waals surface area contributed by atoms with Gasteiger partial charge in [0.15, 0.2) is 5.82 Å². The first-order chi connectivity index (χ1) is 61.2. The highest BCUT2D eigenvalue weighted by molar-refractivity contribution is 6.44. The van der Waals surface area contributed by atoms with Crippen molar-refractivity contribution in [2.45, 2.75) is 200 Å². The van der Waals surface area contributed by atoms with Gasteiger partial charge in [-0.15, -0.1) is 0 Å². The number of carbonyl (C=O) groups excluding carboxylic acids is 15. The molecular weight excluding hydrogens is 1810 g/mol. The largest absolute Gasteiger partial charge is 0.481 e. The summed E-state index contributed by atoms with van der Waals surface area (Å²) < 4.78 is 1.02. The standard InChI is InChI=1S/C66H85N19O47/c1-20-69-19-36(85(131)132)84(20)3-2-68-63(127)34(17-50(112)113)82-80-31(14-47(106)107)61(125)60(124)30(13-46(104)105)79-78-29(12-45(102)103)59(123)58(122)28(11-44(100)101)77-76-27(10-43(98)99)57(121)56(120)26(9-42(96)97)75-74-24(7-40(92)93)54(118)52(116)23(6-39(90)91)71-65(129)33(16-49(110)111)73-66(130)35(18-51(114)115)83-81-25(8-41(94)95)55(119)53(117)22(5-38(88)89)70-64(128)32(15-48(108)109)72-62(126)21(67)4-37(86)87/h19,21-35,74-83H,2-18,67H2,1H3,(H,68,127)(H,70,128)(H,71,129)(H,72,126)(H,73,130)(H,86,87)(H,88,89)(H,90,91)(H,92,93)(H,94,95)(H,96,97)(H,98,99)(H,100,101)(H,102,103)(H,104,105)(H,106,107)(H,108,109)(H,110,111)(H,112,113)(H,114,115)/t21-,22-,23-,24-,25-,26-,27-,28-,29-,30-,31-,32-,33-,34-,35-/m0/s1. The Kier molecular flexibility index (Phi) is 47.7. The summed E-state index contributed by atoms with van der Waals surface area (Å²) in [6.07, 6.45) is -22.8. The molecule has 0 aliphatic heterocycles. The highest BCUT2D eigenvalue weighted by atomic mass is 16.6. The predicted octanol–water partition coefficient (Wildman–Crippen LogP) is -15.5. The van der Waals surface area contributed by atoms with E-state index in [1.165, 1.54) is 12.2 Å². The van der Waals surface area contributed by atoms with Crippen LogP contribution in [0.15, 0.2) is 6.20 Å². The molecule has 15 atom stereocenters. The quantitative estimate of drug-likeness (QED) is 0.0164. The van der Waals surface area contributed by atoms with Crippen molar-refractivity contribution < 1.29 is 225 Å². The molecule has 0 fully saturated rings. The van der Waals surface area contributed by atoms with Gasteiger partial charge in [0.2, 0.25) is 87.4 Å². The molecule has 0 aromatic carbocycles. The first kappa shape index (κ1) is 114. The number of Topliss-reactive ketones (excluding diaryl/α,β-unsaturated/α-hetero) is 10. The van der Waals surface area contributed by atoms with Crippen LogP contribution in [0, 0.1) is 17.0 Å². The van der Waals surface area contributed by atoms with Crippen molar-refractivity contribution in [2.24, 2.45) is 5.73 Å². The number of carboxylic acid groups (broad SMARTS) is 15. The number of nitrogens with two attached hydrogens (primary N) is 1. The minimum absolute atomic E-state index is 0.0884. The van der Waals surface area contributed by atoms with E-state index in [9.17, 15) is 225 Å². The van der Waals surface area contributed by atoms with Gasteiger partial charge in [0.05, 0.1) is 157 Å². The second-order valence-electron chi connectivity index (χ2n) is 27.3. The molecule has 726 valence electrons. The minimum Gasteiger partial charge on any atom is -0.481 e. The van der Waals surface area contributed by atoms with E-state index in [1.54, 1.807) is 59.4 Å². The molecule has 66 nitrogen and oxygen atoms in total. The molecule has 1 rings (SSSR count). The molecule has 0 saturated carbocycles. The molecular formula is C66H85N19O47. The van der Waals surface area contributed by atoms with Crippen molar-refractivity contribution in [3.8, 4) is 0 Å². The van der Waals surface area contributed by atoms with Crippen molar-refractivity contribution in [3.63, 3.8) is 0 Å². The van der Waals surface area contributed by atoms with Crippen LogP contribution in [-0.2, 0) is 150 Å². The number of hydrazine groups is 5. The lowest BCUT2D eigenvalue weighted by Crippen LogP contribution is -2.62. The first-order valence-electron chi connectivity index (χ1n) is 36.8. The molecule has 0 aliphatic rings.